The second-order valence-electron chi connectivity index (χ2n) is 3.51. The Labute approximate surface area is 96.3 Å². The maximum absolute atomic E-state index is 11.8. The molecule has 0 bridgehead atoms. The highest BCUT2D eigenvalue weighted by Gasteiger charge is 2.25. The van der Waals surface area contributed by atoms with Crippen molar-refractivity contribution < 1.29 is 12.8 Å². The lowest BCUT2D eigenvalue weighted by Crippen LogP contribution is -2.22. The van der Waals surface area contributed by atoms with E-state index >= 15 is 0 Å². The summed E-state index contributed by atoms with van der Waals surface area (Å²) in [7, 11) is -2.06. The van der Waals surface area contributed by atoms with Crippen molar-refractivity contribution in [2.45, 2.75) is 32.2 Å². The summed E-state index contributed by atoms with van der Waals surface area (Å²) in [5.41, 5.74) is 0.703. The molecular weight excluding hydrogens is 228 g/mol. The van der Waals surface area contributed by atoms with Crippen molar-refractivity contribution in [1.29, 1.82) is 0 Å². The van der Waals surface area contributed by atoms with Gasteiger partial charge in [-0.1, -0.05) is 6.92 Å². The van der Waals surface area contributed by atoms with Gasteiger partial charge in [-0.05, 0) is 27.4 Å². The first-order valence-corrected chi connectivity index (χ1v) is 6.65. The van der Waals surface area contributed by atoms with E-state index in [0.29, 0.717) is 23.6 Å². The number of nitrogens with one attached hydrogen (secondary N) is 2. The average molecular weight is 246 g/mol. The minimum absolute atomic E-state index is 0.258. The minimum Gasteiger partial charge on any atom is -0.465 e. The van der Waals surface area contributed by atoms with E-state index in [-0.39, 0.29) is 4.90 Å². The monoisotopic (exact) mass is 246 g/mol. The number of aryl methyl sites for hydroxylation is 2. The third-order valence-electron chi connectivity index (χ3n) is 2.41. The summed E-state index contributed by atoms with van der Waals surface area (Å²) in [4.78, 5) is 0.258. The van der Waals surface area contributed by atoms with E-state index in [1.807, 2.05) is 6.92 Å². The number of hydrogen-bond acceptors (Lipinski definition) is 4. The summed E-state index contributed by atoms with van der Waals surface area (Å²) >= 11 is 0. The number of sulfonamides is 1. The minimum atomic E-state index is -3.45. The summed E-state index contributed by atoms with van der Waals surface area (Å²) in [6.45, 7) is 6.67. The molecule has 0 unspecified atom stereocenters. The molecule has 0 fully saturated rings. The molecule has 0 aliphatic heterocycles. The van der Waals surface area contributed by atoms with Crippen molar-refractivity contribution in [1.82, 2.24) is 10.0 Å². The standard InChI is InChI=1S/C10H18N2O3S/c1-5-12-6-9-7(2)15-8(3)10(9)16(13,14)11-4/h11-12H,5-6H2,1-4H3. The average Bonchev–Trinajstić information content (AvgIpc) is 2.51. The number of hydrogen-bond donors (Lipinski definition) is 2. The predicted molar refractivity (Wildman–Crippen MR) is 61.8 cm³/mol. The highest BCUT2D eigenvalue weighted by atomic mass is 32.2. The third kappa shape index (κ3) is 2.45. The smallest absolute Gasteiger partial charge is 0.244 e. The van der Waals surface area contributed by atoms with Crippen LogP contribution in [0.4, 0.5) is 0 Å². The van der Waals surface area contributed by atoms with Gasteiger partial charge in [0.15, 0.2) is 0 Å². The van der Waals surface area contributed by atoms with E-state index in [9.17, 15) is 8.42 Å². The molecule has 0 spiro atoms. The topological polar surface area (TPSA) is 71.3 Å². The van der Waals surface area contributed by atoms with E-state index in [2.05, 4.69) is 10.0 Å². The van der Waals surface area contributed by atoms with Crippen LogP contribution in [0.2, 0.25) is 0 Å². The molecule has 92 valence electrons. The second-order valence-corrected chi connectivity index (χ2v) is 5.33. The Morgan fingerprint density at radius 2 is 1.88 bits per heavy atom. The zero-order valence-electron chi connectivity index (χ0n) is 10.0. The molecule has 2 N–H and O–H groups in total. The summed E-state index contributed by atoms with van der Waals surface area (Å²) < 4.78 is 31.3. The van der Waals surface area contributed by atoms with Crippen LogP contribution in [0.5, 0.6) is 0 Å². The zero-order chi connectivity index (χ0) is 12.3. The Hall–Kier alpha value is -0.850. The van der Waals surface area contributed by atoms with E-state index in [0.717, 1.165) is 6.54 Å². The van der Waals surface area contributed by atoms with Gasteiger partial charge in [0.2, 0.25) is 10.0 Å². The maximum Gasteiger partial charge on any atom is 0.244 e. The fourth-order valence-corrected chi connectivity index (χ4v) is 2.78. The van der Waals surface area contributed by atoms with Crippen molar-refractivity contribution in [2.75, 3.05) is 13.6 Å². The SMILES string of the molecule is CCNCc1c(C)oc(C)c1S(=O)(=O)NC. The molecule has 1 rings (SSSR count). The van der Waals surface area contributed by atoms with Crippen molar-refractivity contribution in [2.24, 2.45) is 0 Å². The molecule has 1 aromatic heterocycles. The van der Waals surface area contributed by atoms with Crippen molar-refractivity contribution >= 4 is 10.0 Å². The molecule has 0 saturated heterocycles. The van der Waals surface area contributed by atoms with Crippen LogP contribution in [0.15, 0.2) is 9.31 Å². The molecular formula is C10H18N2O3S. The van der Waals surface area contributed by atoms with Gasteiger partial charge in [-0.3, -0.25) is 0 Å². The van der Waals surface area contributed by atoms with Gasteiger partial charge in [0, 0.05) is 12.1 Å². The summed E-state index contributed by atoms with van der Waals surface area (Å²) in [5, 5.41) is 3.10. The highest BCUT2D eigenvalue weighted by Crippen LogP contribution is 2.26. The molecule has 0 saturated carbocycles. The molecule has 0 aliphatic carbocycles. The van der Waals surface area contributed by atoms with Crippen LogP contribution in [-0.4, -0.2) is 22.0 Å². The zero-order valence-corrected chi connectivity index (χ0v) is 10.9. The molecule has 5 nitrogen and oxygen atoms in total. The van der Waals surface area contributed by atoms with Crippen LogP contribution in [0, 0.1) is 13.8 Å². The first-order chi connectivity index (χ1) is 7.44. The Bertz CT molecular complexity index is 463. The third-order valence-corrected chi connectivity index (χ3v) is 4.02. The van der Waals surface area contributed by atoms with Gasteiger partial charge >= 0.3 is 0 Å². The summed E-state index contributed by atoms with van der Waals surface area (Å²) in [6.07, 6.45) is 0. The van der Waals surface area contributed by atoms with E-state index < -0.39 is 10.0 Å². The Morgan fingerprint density at radius 3 is 2.38 bits per heavy atom. The van der Waals surface area contributed by atoms with Gasteiger partial charge in [-0.25, -0.2) is 13.1 Å². The fraction of sp³-hybridized carbons (Fsp3) is 0.600. The summed E-state index contributed by atoms with van der Waals surface area (Å²) in [5.74, 6) is 1.08. The molecule has 0 aromatic carbocycles. The Kier molecular flexibility index (Phi) is 4.12. The first kappa shape index (κ1) is 13.2. The van der Waals surface area contributed by atoms with Gasteiger partial charge in [0.25, 0.3) is 0 Å². The quantitative estimate of drug-likeness (QED) is 0.810. The van der Waals surface area contributed by atoms with E-state index in [1.54, 1.807) is 13.8 Å². The van der Waals surface area contributed by atoms with Gasteiger partial charge in [0.05, 0.1) is 0 Å². The predicted octanol–water partition coefficient (Wildman–Crippen LogP) is 0.914. The largest absolute Gasteiger partial charge is 0.465 e. The van der Waals surface area contributed by atoms with Crippen molar-refractivity contribution in [3.05, 3.63) is 17.1 Å². The van der Waals surface area contributed by atoms with Gasteiger partial charge < -0.3 is 9.73 Å². The van der Waals surface area contributed by atoms with Crippen LogP contribution < -0.4 is 10.0 Å². The van der Waals surface area contributed by atoms with E-state index in [4.69, 9.17) is 4.42 Å². The molecule has 1 heterocycles. The van der Waals surface area contributed by atoms with Crippen LogP contribution in [0.25, 0.3) is 0 Å². The normalized spacial score (nSPS) is 12.0. The fourth-order valence-electron chi connectivity index (χ4n) is 1.62. The molecule has 0 amide bonds. The van der Waals surface area contributed by atoms with E-state index in [1.165, 1.54) is 7.05 Å². The molecule has 6 heteroatoms. The van der Waals surface area contributed by atoms with Gasteiger partial charge in [-0.15, -0.1) is 0 Å². The number of rotatable bonds is 5. The lowest BCUT2D eigenvalue weighted by Gasteiger charge is -2.05. The molecule has 0 aliphatic rings. The lowest BCUT2D eigenvalue weighted by molar-refractivity contribution is 0.493. The van der Waals surface area contributed by atoms with Crippen LogP contribution in [0.1, 0.15) is 24.0 Å². The Balaban J connectivity index is 3.26. The number of furan rings is 1. The highest BCUT2D eigenvalue weighted by molar-refractivity contribution is 7.89. The Morgan fingerprint density at radius 1 is 1.25 bits per heavy atom. The molecule has 0 atom stereocenters. The van der Waals surface area contributed by atoms with Crippen molar-refractivity contribution in [3.63, 3.8) is 0 Å². The summed E-state index contributed by atoms with van der Waals surface area (Å²) in [6, 6.07) is 0. The molecule has 1 aromatic rings. The van der Waals surface area contributed by atoms with Crippen LogP contribution in [0.3, 0.4) is 0 Å². The van der Waals surface area contributed by atoms with Crippen molar-refractivity contribution in [3.8, 4) is 0 Å². The first-order valence-electron chi connectivity index (χ1n) is 5.17. The van der Waals surface area contributed by atoms with Crippen LogP contribution >= 0.6 is 0 Å². The van der Waals surface area contributed by atoms with Gasteiger partial charge in [-0.2, -0.15) is 0 Å². The lowest BCUT2D eigenvalue weighted by atomic mass is 10.2. The van der Waals surface area contributed by atoms with Crippen LogP contribution in [-0.2, 0) is 16.6 Å². The molecule has 16 heavy (non-hydrogen) atoms. The second kappa shape index (κ2) is 4.99. The maximum atomic E-state index is 11.8. The molecule has 0 radical (unpaired) electrons. The van der Waals surface area contributed by atoms with Gasteiger partial charge in [0.1, 0.15) is 16.4 Å².